The first-order valence-corrected chi connectivity index (χ1v) is 7.33. The molecular formula is C15H17N3S. The first-order valence-electron chi connectivity index (χ1n) is 6.45. The van der Waals surface area contributed by atoms with E-state index in [4.69, 9.17) is 5.73 Å². The summed E-state index contributed by atoms with van der Waals surface area (Å²) in [5, 5.41) is 2.15. The SMILES string of the molecule is CC(C)c1ccc(-c2csc3nc(CN)cn23)cc1. The van der Waals surface area contributed by atoms with E-state index in [2.05, 4.69) is 52.9 Å². The van der Waals surface area contributed by atoms with Gasteiger partial charge >= 0.3 is 0 Å². The third kappa shape index (κ3) is 2.17. The predicted octanol–water partition coefficient (Wildman–Crippen LogP) is 3.64. The highest BCUT2D eigenvalue weighted by Gasteiger charge is 2.09. The van der Waals surface area contributed by atoms with Crippen LogP contribution in [-0.2, 0) is 6.54 Å². The number of benzene rings is 1. The van der Waals surface area contributed by atoms with E-state index in [1.165, 1.54) is 16.8 Å². The minimum atomic E-state index is 0.486. The van der Waals surface area contributed by atoms with Gasteiger partial charge in [-0.2, -0.15) is 0 Å². The highest BCUT2D eigenvalue weighted by atomic mass is 32.1. The molecule has 2 aromatic heterocycles. The Morgan fingerprint density at radius 1 is 1.26 bits per heavy atom. The topological polar surface area (TPSA) is 43.3 Å². The van der Waals surface area contributed by atoms with Crippen LogP contribution < -0.4 is 5.73 Å². The van der Waals surface area contributed by atoms with Crippen LogP contribution in [0.15, 0.2) is 35.8 Å². The van der Waals surface area contributed by atoms with E-state index in [9.17, 15) is 0 Å². The van der Waals surface area contributed by atoms with Gasteiger partial charge in [0.2, 0.25) is 0 Å². The molecule has 0 amide bonds. The van der Waals surface area contributed by atoms with Crippen molar-refractivity contribution in [2.24, 2.45) is 5.73 Å². The van der Waals surface area contributed by atoms with Crippen molar-refractivity contribution < 1.29 is 0 Å². The first kappa shape index (κ1) is 12.4. The summed E-state index contributed by atoms with van der Waals surface area (Å²) in [4.78, 5) is 5.48. The van der Waals surface area contributed by atoms with E-state index in [1.54, 1.807) is 11.3 Å². The van der Waals surface area contributed by atoms with Gasteiger partial charge in [0, 0.05) is 18.1 Å². The first-order chi connectivity index (χ1) is 9.19. The van der Waals surface area contributed by atoms with Crippen molar-refractivity contribution >= 4 is 16.3 Å². The van der Waals surface area contributed by atoms with Crippen molar-refractivity contribution in [3.8, 4) is 11.3 Å². The van der Waals surface area contributed by atoms with Crippen molar-refractivity contribution in [1.82, 2.24) is 9.38 Å². The molecule has 3 nitrogen and oxygen atoms in total. The normalized spacial score (nSPS) is 11.6. The molecule has 1 aromatic carbocycles. The van der Waals surface area contributed by atoms with Gasteiger partial charge in [0.25, 0.3) is 0 Å². The molecule has 4 heteroatoms. The van der Waals surface area contributed by atoms with E-state index in [0.29, 0.717) is 12.5 Å². The Morgan fingerprint density at radius 2 is 2.00 bits per heavy atom. The summed E-state index contributed by atoms with van der Waals surface area (Å²) in [6.07, 6.45) is 2.03. The monoisotopic (exact) mass is 271 g/mol. The van der Waals surface area contributed by atoms with Crippen LogP contribution in [0.25, 0.3) is 16.2 Å². The third-order valence-electron chi connectivity index (χ3n) is 3.34. The number of aromatic nitrogens is 2. The number of hydrogen-bond donors (Lipinski definition) is 1. The lowest BCUT2D eigenvalue weighted by molar-refractivity contribution is 0.867. The van der Waals surface area contributed by atoms with Crippen molar-refractivity contribution in [2.75, 3.05) is 0 Å². The van der Waals surface area contributed by atoms with E-state index in [0.717, 1.165) is 10.7 Å². The number of thiazole rings is 1. The number of nitrogens with zero attached hydrogens (tertiary/aromatic N) is 2. The van der Waals surface area contributed by atoms with E-state index < -0.39 is 0 Å². The van der Waals surface area contributed by atoms with Crippen LogP contribution in [0, 0.1) is 0 Å². The lowest BCUT2D eigenvalue weighted by atomic mass is 10.0. The fourth-order valence-corrected chi connectivity index (χ4v) is 3.08. The predicted molar refractivity (Wildman–Crippen MR) is 80.5 cm³/mol. The summed E-state index contributed by atoms with van der Waals surface area (Å²) in [5.41, 5.74) is 10.3. The zero-order chi connectivity index (χ0) is 13.4. The van der Waals surface area contributed by atoms with Gasteiger partial charge in [0.05, 0.1) is 11.4 Å². The molecule has 0 fully saturated rings. The second-order valence-electron chi connectivity index (χ2n) is 4.99. The Kier molecular flexibility index (Phi) is 3.12. The molecule has 98 valence electrons. The van der Waals surface area contributed by atoms with Gasteiger partial charge in [-0.3, -0.25) is 4.40 Å². The van der Waals surface area contributed by atoms with Crippen molar-refractivity contribution in [1.29, 1.82) is 0 Å². The van der Waals surface area contributed by atoms with Crippen LogP contribution in [0.1, 0.15) is 31.0 Å². The molecule has 19 heavy (non-hydrogen) atoms. The van der Waals surface area contributed by atoms with Gasteiger partial charge in [0.15, 0.2) is 4.96 Å². The van der Waals surface area contributed by atoms with Crippen molar-refractivity contribution in [3.63, 3.8) is 0 Å². The molecule has 0 saturated heterocycles. The smallest absolute Gasteiger partial charge is 0.194 e. The van der Waals surface area contributed by atoms with Crippen LogP contribution in [0.2, 0.25) is 0 Å². The van der Waals surface area contributed by atoms with E-state index >= 15 is 0 Å². The minimum absolute atomic E-state index is 0.486. The Hall–Kier alpha value is -1.65. The van der Waals surface area contributed by atoms with Crippen molar-refractivity contribution in [3.05, 3.63) is 47.1 Å². The third-order valence-corrected chi connectivity index (χ3v) is 4.18. The molecule has 0 atom stereocenters. The summed E-state index contributed by atoms with van der Waals surface area (Å²) >= 11 is 1.65. The Bertz CT molecular complexity index is 692. The van der Waals surface area contributed by atoms with E-state index in [-0.39, 0.29) is 0 Å². The van der Waals surface area contributed by atoms with Gasteiger partial charge in [-0.1, -0.05) is 38.1 Å². The number of rotatable bonds is 3. The van der Waals surface area contributed by atoms with Gasteiger partial charge in [0.1, 0.15) is 0 Å². The molecule has 0 aliphatic rings. The maximum atomic E-state index is 5.64. The van der Waals surface area contributed by atoms with Crippen LogP contribution in [0.4, 0.5) is 0 Å². The summed E-state index contributed by atoms with van der Waals surface area (Å²) in [5.74, 6) is 0.564. The quantitative estimate of drug-likeness (QED) is 0.790. The average molecular weight is 271 g/mol. The molecule has 3 aromatic rings. The molecule has 0 aliphatic heterocycles. The highest BCUT2D eigenvalue weighted by molar-refractivity contribution is 7.15. The fraction of sp³-hybridized carbons (Fsp3) is 0.267. The van der Waals surface area contributed by atoms with Crippen LogP contribution >= 0.6 is 11.3 Å². The highest BCUT2D eigenvalue weighted by Crippen LogP contribution is 2.27. The molecule has 0 saturated carbocycles. The van der Waals surface area contributed by atoms with Crippen LogP contribution in [0.3, 0.4) is 0 Å². The molecule has 0 radical (unpaired) electrons. The summed E-state index contributed by atoms with van der Waals surface area (Å²) < 4.78 is 2.12. The molecular weight excluding hydrogens is 254 g/mol. The van der Waals surface area contributed by atoms with E-state index in [1.807, 2.05) is 6.20 Å². The number of fused-ring (bicyclic) bond motifs is 1. The molecule has 0 aliphatic carbocycles. The summed E-state index contributed by atoms with van der Waals surface area (Å²) in [6.45, 7) is 4.91. The maximum Gasteiger partial charge on any atom is 0.194 e. The van der Waals surface area contributed by atoms with Crippen molar-refractivity contribution in [2.45, 2.75) is 26.3 Å². The molecule has 3 rings (SSSR count). The maximum absolute atomic E-state index is 5.64. The largest absolute Gasteiger partial charge is 0.325 e. The number of nitrogens with two attached hydrogens (primary N) is 1. The van der Waals surface area contributed by atoms with Gasteiger partial charge < -0.3 is 5.73 Å². The fourth-order valence-electron chi connectivity index (χ4n) is 2.18. The lowest BCUT2D eigenvalue weighted by Gasteiger charge is -2.06. The zero-order valence-electron chi connectivity index (χ0n) is 11.1. The number of hydrogen-bond acceptors (Lipinski definition) is 3. The second-order valence-corrected chi connectivity index (χ2v) is 5.82. The van der Waals surface area contributed by atoms with Gasteiger partial charge in [-0.05, 0) is 17.0 Å². The molecule has 2 heterocycles. The zero-order valence-corrected chi connectivity index (χ0v) is 11.9. The Labute approximate surface area is 116 Å². The Morgan fingerprint density at radius 3 is 2.63 bits per heavy atom. The van der Waals surface area contributed by atoms with Crippen LogP contribution in [-0.4, -0.2) is 9.38 Å². The standard InChI is InChI=1S/C15H17N3S/c1-10(2)11-3-5-12(6-4-11)14-9-19-15-17-13(7-16)8-18(14)15/h3-6,8-10H,7,16H2,1-2H3. The Balaban J connectivity index is 2.05. The lowest BCUT2D eigenvalue weighted by Crippen LogP contribution is -1.95. The molecule has 0 bridgehead atoms. The van der Waals surface area contributed by atoms with Crippen LogP contribution in [0.5, 0.6) is 0 Å². The molecule has 0 spiro atoms. The number of imidazole rings is 1. The van der Waals surface area contributed by atoms with Gasteiger partial charge in [-0.15, -0.1) is 11.3 Å². The molecule has 2 N–H and O–H groups in total. The average Bonchev–Trinajstić information content (AvgIpc) is 2.98. The summed E-state index contributed by atoms with van der Waals surface area (Å²) in [6, 6.07) is 8.76. The summed E-state index contributed by atoms with van der Waals surface area (Å²) in [7, 11) is 0. The van der Waals surface area contributed by atoms with Gasteiger partial charge in [-0.25, -0.2) is 4.98 Å². The minimum Gasteiger partial charge on any atom is -0.325 e. The second kappa shape index (κ2) is 4.79. The molecule has 0 unspecified atom stereocenters.